The number of sulfonamides is 1. The predicted molar refractivity (Wildman–Crippen MR) is 81.8 cm³/mol. The van der Waals surface area contributed by atoms with E-state index in [2.05, 4.69) is 20.2 Å². The van der Waals surface area contributed by atoms with Crippen molar-refractivity contribution in [2.45, 2.75) is 30.7 Å². The SMILES string of the molecule is CNC(C)Cc1noc(CCNS(=O)(=O)c2ccccc2F)n1. The Kier molecular flexibility index (Phi) is 5.80. The largest absolute Gasteiger partial charge is 0.339 e. The molecule has 2 aromatic rings. The second-order valence-corrected chi connectivity index (χ2v) is 6.81. The van der Waals surface area contributed by atoms with Gasteiger partial charge in [-0.25, -0.2) is 17.5 Å². The molecule has 23 heavy (non-hydrogen) atoms. The minimum Gasteiger partial charge on any atom is -0.339 e. The summed E-state index contributed by atoms with van der Waals surface area (Å²) in [4.78, 5) is 3.80. The van der Waals surface area contributed by atoms with Crippen LogP contribution in [0.4, 0.5) is 4.39 Å². The number of benzene rings is 1. The van der Waals surface area contributed by atoms with Crippen molar-refractivity contribution in [2.75, 3.05) is 13.6 Å². The number of nitrogens with one attached hydrogen (secondary N) is 2. The molecule has 0 amide bonds. The summed E-state index contributed by atoms with van der Waals surface area (Å²) in [5.41, 5.74) is 0. The van der Waals surface area contributed by atoms with Gasteiger partial charge >= 0.3 is 0 Å². The van der Waals surface area contributed by atoms with E-state index < -0.39 is 15.8 Å². The highest BCUT2D eigenvalue weighted by Gasteiger charge is 2.18. The molecular formula is C14H19FN4O3S. The Morgan fingerprint density at radius 1 is 1.35 bits per heavy atom. The molecule has 0 fully saturated rings. The second kappa shape index (κ2) is 7.62. The molecule has 1 unspecified atom stereocenters. The number of nitrogens with zero attached hydrogens (tertiary/aromatic N) is 2. The lowest BCUT2D eigenvalue weighted by atomic mass is 10.2. The van der Waals surface area contributed by atoms with Crippen LogP contribution in [0.25, 0.3) is 0 Å². The monoisotopic (exact) mass is 342 g/mol. The lowest BCUT2D eigenvalue weighted by molar-refractivity contribution is 0.371. The molecule has 1 aromatic heterocycles. The first-order valence-electron chi connectivity index (χ1n) is 7.15. The molecule has 7 nitrogen and oxygen atoms in total. The van der Waals surface area contributed by atoms with Crippen molar-refractivity contribution in [3.63, 3.8) is 0 Å². The maximum atomic E-state index is 13.5. The van der Waals surface area contributed by atoms with Crippen LogP contribution in [0.15, 0.2) is 33.7 Å². The zero-order valence-electron chi connectivity index (χ0n) is 12.9. The number of likely N-dealkylation sites (N-methyl/N-ethyl adjacent to an activating group) is 1. The Hall–Kier alpha value is -1.84. The quantitative estimate of drug-likeness (QED) is 0.739. The minimum atomic E-state index is -3.90. The molecule has 2 rings (SSSR count). The predicted octanol–water partition coefficient (Wildman–Crippen LogP) is 0.880. The van der Waals surface area contributed by atoms with Crippen LogP contribution in [-0.2, 0) is 22.9 Å². The Labute approximate surface area is 134 Å². The smallest absolute Gasteiger partial charge is 0.243 e. The molecule has 0 aliphatic heterocycles. The molecule has 2 N–H and O–H groups in total. The van der Waals surface area contributed by atoms with E-state index >= 15 is 0 Å². The Bertz CT molecular complexity index is 748. The zero-order valence-corrected chi connectivity index (χ0v) is 13.7. The van der Waals surface area contributed by atoms with Crippen LogP contribution in [0.5, 0.6) is 0 Å². The first kappa shape index (κ1) is 17.5. The summed E-state index contributed by atoms with van der Waals surface area (Å²) in [5, 5.41) is 6.89. The van der Waals surface area contributed by atoms with Gasteiger partial charge in [0.05, 0.1) is 0 Å². The summed E-state index contributed by atoms with van der Waals surface area (Å²) in [7, 11) is -2.07. The van der Waals surface area contributed by atoms with E-state index in [0.717, 1.165) is 6.07 Å². The number of halogens is 1. The molecule has 0 saturated heterocycles. The summed E-state index contributed by atoms with van der Waals surface area (Å²) < 4.78 is 44.9. The van der Waals surface area contributed by atoms with Crippen molar-refractivity contribution in [3.8, 4) is 0 Å². The number of hydrogen-bond donors (Lipinski definition) is 2. The molecule has 0 aliphatic carbocycles. The average Bonchev–Trinajstić information content (AvgIpc) is 2.94. The van der Waals surface area contributed by atoms with Crippen molar-refractivity contribution in [1.29, 1.82) is 0 Å². The molecule has 0 bridgehead atoms. The summed E-state index contributed by atoms with van der Waals surface area (Å²) in [6.45, 7) is 2.03. The van der Waals surface area contributed by atoms with Gasteiger partial charge in [-0.2, -0.15) is 4.98 Å². The lowest BCUT2D eigenvalue weighted by Crippen LogP contribution is -2.27. The number of rotatable bonds is 8. The van der Waals surface area contributed by atoms with E-state index in [1.165, 1.54) is 18.2 Å². The van der Waals surface area contributed by atoms with Crippen molar-refractivity contribution < 1.29 is 17.3 Å². The molecular weight excluding hydrogens is 323 g/mol. The van der Waals surface area contributed by atoms with Gasteiger partial charge < -0.3 is 9.84 Å². The van der Waals surface area contributed by atoms with E-state index in [4.69, 9.17) is 4.52 Å². The Balaban J connectivity index is 1.91. The highest BCUT2D eigenvalue weighted by Crippen LogP contribution is 2.13. The highest BCUT2D eigenvalue weighted by atomic mass is 32.2. The van der Waals surface area contributed by atoms with Crippen LogP contribution in [0.3, 0.4) is 0 Å². The van der Waals surface area contributed by atoms with Crippen molar-refractivity contribution in [1.82, 2.24) is 20.2 Å². The second-order valence-electron chi connectivity index (χ2n) is 5.08. The molecule has 1 atom stereocenters. The summed E-state index contributed by atoms with van der Waals surface area (Å²) in [5.74, 6) is 0.0967. The Morgan fingerprint density at radius 3 is 2.78 bits per heavy atom. The maximum Gasteiger partial charge on any atom is 0.243 e. The topological polar surface area (TPSA) is 97.1 Å². The first-order valence-corrected chi connectivity index (χ1v) is 8.63. The van der Waals surface area contributed by atoms with Crippen LogP contribution < -0.4 is 10.0 Å². The van der Waals surface area contributed by atoms with Crippen molar-refractivity contribution in [3.05, 3.63) is 41.8 Å². The third kappa shape index (κ3) is 4.81. The number of hydrogen-bond acceptors (Lipinski definition) is 6. The normalized spacial score (nSPS) is 13.2. The zero-order chi connectivity index (χ0) is 16.9. The Morgan fingerprint density at radius 2 is 2.09 bits per heavy atom. The van der Waals surface area contributed by atoms with Gasteiger partial charge in [-0.15, -0.1) is 0 Å². The van der Waals surface area contributed by atoms with E-state index in [1.54, 1.807) is 0 Å². The molecule has 0 aliphatic rings. The van der Waals surface area contributed by atoms with Gasteiger partial charge in [-0.3, -0.25) is 0 Å². The van der Waals surface area contributed by atoms with Crippen LogP contribution in [0.1, 0.15) is 18.6 Å². The number of aromatic nitrogens is 2. The first-order chi connectivity index (χ1) is 10.9. The average molecular weight is 342 g/mol. The van der Waals surface area contributed by atoms with E-state index in [9.17, 15) is 12.8 Å². The van der Waals surface area contributed by atoms with Gasteiger partial charge in [0.1, 0.15) is 10.7 Å². The lowest BCUT2D eigenvalue weighted by Gasteiger charge is -2.06. The van der Waals surface area contributed by atoms with Gasteiger partial charge in [-0.05, 0) is 26.1 Å². The van der Waals surface area contributed by atoms with E-state index in [-0.39, 0.29) is 23.9 Å². The summed E-state index contributed by atoms with van der Waals surface area (Å²) >= 11 is 0. The van der Waals surface area contributed by atoms with Crippen LogP contribution in [0, 0.1) is 5.82 Å². The van der Waals surface area contributed by atoms with Gasteiger partial charge in [-0.1, -0.05) is 17.3 Å². The highest BCUT2D eigenvalue weighted by molar-refractivity contribution is 7.89. The molecule has 9 heteroatoms. The van der Waals surface area contributed by atoms with Crippen molar-refractivity contribution in [2.24, 2.45) is 0 Å². The third-order valence-corrected chi connectivity index (χ3v) is 4.74. The van der Waals surface area contributed by atoms with Gasteiger partial charge in [0.25, 0.3) is 0 Å². The standard InChI is InChI=1S/C14H19FN4O3S/c1-10(16-2)9-13-18-14(22-19-13)7-8-17-23(20,21)12-6-4-3-5-11(12)15/h3-6,10,16-17H,7-9H2,1-2H3. The van der Waals surface area contributed by atoms with Gasteiger partial charge in [0, 0.05) is 25.4 Å². The molecule has 1 aromatic carbocycles. The fraction of sp³-hybridized carbons (Fsp3) is 0.429. The van der Waals surface area contributed by atoms with Crippen LogP contribution >= 0.6 is 0 Å². The van der Waals surface area contributed by atoms with Crippen LogP contribution in [0.2, 0.25) is 0 Å². The third-order valence-electron chi connectivity index (χ3n) is 3.25. The minimum absolute atomic E-state index is 0.0415. The van der Waals surface area contributed by atoms with Gasteiger partial charge in [0.2, 0.25) is 15.9 Å². The fourth-order valence-corrected chi connectivity index (χ4v) is 2.99. The van der Waals surface area contributed by atoms with Gasteiger partial charge in [0.15, 0.2) is 5.82 Å². The van der Waals surface area contributed by atoms with Crippen LogP contribution in [-0.4, -0.2) is 38.2 Å². The van der Waals surface area contributed by atoms with E-state index in [0.29, 0.717) is 18.1 Å². The molecule has 1 heterocycles. The molecule has 0 spiro atoms. The maximum absolute atomic E-state index is 13.5. The fourth-order valence-electron chi connectivity index (χ4n) is 1.88. The molecule has 126 valence electrons. The van der Waals surface area contributed by atoms with E-state index in [1.807, 2.05) is 14.0 Å². The molecule has 0 radical (unpaired) electrons. The molecule has 0 saturated carbocycles. The summed E-state index contributed by atoms with van der Waals surface area (Å²) in [6, 6.07) is 5.41. The summed E-state index contributed by atoms with van der Waals surface area (Å²) in [6.07, 6.45) is 0.843. The van der Waals surface area contributed by atoms with Crippen molar-refractivity contribution >= 4 is 10.0 Å².